The van der Waals surface area contributed by atoms with Crippen LogP contribution in [-0.4, -0.2) is 88.6 Å². The molecular weight excluding hydrogens is 770 g/mol. The van der Waals surface area contributed by atoms with Crippen molar-refractivity contribution in [3.63, 3.8) is 0 Å². The number of anilines is 2. The van der Waals surface area contributed by atoms with E-state index in [9.17, 15) is 19.2 Å². The van der Waals surface area contributed by atoms with E-state index >= 15 is 4.39 Å². The summed E-state index contributed by atoms with van der Waals surface area (Å²) in [4.78, 5) is 60.2. The second kappa shape index (κ2) is 14.4. The maximum absolute atomic E-state index is 16.7. The molecule has 1 unspecified atom stereocenters. The van der Waals surface area contributed by atoms with E-state index in [1.54, 1.807) is 12.1 Å². The number of piperazine rings is 1. The number of halogens is 1. The molecule has 0 radical (unpaired) electrons. The van der Waals surface area contributed by atoms with Gasteiger partial charge in [0.15, 0.2) is 0 Å². The number of nitrogens with zero attached hydrogens (tertiary/aromatic N) is 5. The number of primary amides is 1. The second-order valence-electron chi connectivity index (χ2n) is 16.6. The summed E-state index contributed by atoms with van der Waals surface area (Å²) in [5, 5.41) is 16.4. The van der Waals surface area contributed by atoms with Crippen molar-refractivity contribution in [1.82, 2.24) is 30.3 Å². The van der Waals surface area contributed by atoms with Crippen molar-refractivity contribution in [2.45, 2.75) is 50.5 Å². The first-order valence-corrected chi connectivity index (χ1v) is 21.1. The first kappa shape index (κ1) is 37.3. The Morgan fingerprint density at radius 2 is 1.80 bits per heavy atom. The molecule has 4 amide bonds. The summed E-state index contributed by atoms with van der Waals surface area (Å²) in [6, 6.07) is 17.1. The van der Waals surface area contributed by atoms with Crippen LogP contribution in [-0.2, 0) is 16.6 Å². The summed E-state index contributed by atoms with van der Waals surface area (Å²) in [7, 11) is 1.88. The van der Waals surface area contributed by atoms with Gasteiger partial charge in [-0.05, 0) is 92.6 Å². The van der Waals surface area contributed by atoms with Gasteiger partial charge >= 0.3 is 0 Å². The highest BCUT2D eigenvalue weighted by Gasteiger charge is 2.37. The van der Waals surface area contributed by atoms with Crippen molar-refractivity contribution in [3.8, 4) is 11.3 Å². The molecule has 3 aromatic carbocycles. The molecule has 3 aromatic heterocycles. The number of rotatable bonds is 7. The molecule has 13 nitrogen and oxygen atoms in total. The van der Waals surface area contributed by atoms with Gasteiger partial charge in [0.1, 0.15) is 10.7 Å². The third-order valence-corrected chi connectivity index (χ3v) is 13.9. The number of imide groups is 1. The predicted octanol–water partition coefficient (Wildman–Crippen LogP) is 5.62. The van der Waals surface area contributed by atoms with E-state index < -0.39 is 17.6 Å². The normalized spacial score (nSPS) is 22.5. The fourth-order valence-electron chi connectivity index (χ4n) is 9.64. The highest BCUT2D eigenvalue weighted by molar-refractivity contribution is 7.21. The zero-order valence-corrected chi connectivity index (χ0v) is 33.6. The van der Waals surface area contributed by atoms with Crippen LogP contribution in [0.1, 0.15) is 75.7 Å². The van der Waals surface area contributed by atoms with Gasteiger partial charge < -0.3 is 21.3 Å². The van der Waals surface area contributed by atoms with Crippen LogP contribution >= 0.6 is 11.3 Å². The maximum atomic E-state index is 16.7. The minimum atomic E-state index is -0.639. The molecule has 6 aromatic rings. The van der Waals surface area contributed by atoms with Gasteiger partial charge in [0.2, 0.25) is 17.7 Å². The molecule has 10 rings (SSSR count). The average molecular weight is 814 g/mol. The third-order valence-electron chi connectivity index (χ3n) is 12.7. The zero-order valence-electron chi connectivity index (χ0n) is 32.8. The summed E-state index contributed by atoms with van der Waals surface area (Å²) >= 11 is 1.44. The van der Waals surface area contributed by atoms with Crippen molar-refractivity contribution in [2.24, 2.45) is 18.7 Å². The minimum absolute atomic E-state index is 0.00756. The second-order valence-corrected chi connectivity index (χ2v) is 17.6. The number of hydrogen-bond donors (Lipinski definition) is 4. The molecule has 1 saturated carbocycles. The quantitative estimate of drug-likeness (QED) is 0.150. The number of benzene rings is 3. The number of amides is 4. The summed E-state index contributed by atoms with van der Waals surface area (Å²) in [6.45, 7) is 6.95. The van der Waals surface area contributed by atoms with Gasteiger partial charge in [-0.15, -0.1) is 11.3 Å². The fraction of sp³-hybridized carbons (Fsp3) is 0.364. The first-order chi connectivity index (χ1) is 28.5. The van der Waals surface area contributed by atoms with E-state index in [-0.39, 0.29) is 35.2 Å². The van der Waals surface area contributed by atoms with E-state index in [0.29, 0.717) is 58.2 Å². The lowest BCUT2D eigenvalue weighted by atomic mass is 9.69. The number of thiophene rings is 1. The highest BCUT2D eigenvalue weighted by Crippen LogP contribution is 2.46. The lowest BCUT2D eigenvalue weighted by Gasteiger charge is -2.42. The van der Waals surface area contributed by atoms with E-state index in [2.05, 4.69) is 37.9 Å². The van der Waals surface area contributed by atoms with Crippen LogP contribution in [0.15, 0.2) is 54.6 Å². The molecule has 59 heavy (non-hydrogen) atoms. The predicted molar refractivity (Wildman–Crippen MR) is 226 cm³/mol. The van der Waals surface area contributed by atoms with Crippen LogP contribution in [0.2, 0.25) is 0 Å². The Balaban J connectivity index is 0.818. The monoisotopic (exact) mass is 813 g/mol. The topological polar surface area (TPSA) is 168 Å². The molecule has 4 aliphatic rings. The Hall–Kier alpha value is -5.93. The van der Waals surface area contributed by atoms with Gasteiger partial charge in [0.05, 0.1) is 34.0 Å². The molecule has 302 valence electrons. The van der Waals surface area contributed by atoms with Gasteiger partial charge in [-0.2, -0.15) is 5.10 Å². The summed E-state index contributed by atoms with van der Waals surface area (Å²) in [5.41, 5.74) is 11.5. The van der Waals surface area contributed by atoms with Gasteiger partial charge in [-0.25, -0.2) is 9.37 Å². The van der Waals surface area contributed by atoms with Crippen molar-refractivity contribution in [1.29, 1.82) is 0 Å². The molecule has 6 heterocycles. The molecule has 0 spiro atoms. The fourth-order valence-corrected chi connectivity index (χ4v) is 10.7. The molecule has 0 bridgehead atoms. The number of hydrogen-bond acceptors (Lipinski definition) is 10. The Kier molecular flexibility index (Phi) is 9.12. The lowest BCUT2D eigenvalue weighted by Crippen LogP contribution is -2.49. The van der Waals surface area contributed by atoms with Crippen molar-refractivity contribution >= 4 is 78.2 Å². The zero-order chi connectivity index (χ0) is 40.7. The van der Waals surface area contributed by atoms with Gasteiger partial charge in [0, 0.05) is 102 Å². The van der Waals surface area contributed by atoms with Crippen LogP contribution in [0.25, 0.3) is 43.1 Å². The third kappa shape index (κ3) is 6.47. The summed E-state index contributed by atoms with van der Waals surface area (Å²) in [5.74, 6) is -1.90. The van der Waals surface area contributed by atoms with E-state index in [1.165, 1.54) is 11.3 Å². The van der Waals surface area contributed by atoms with E-state index in [4.69, 9.17) is 15.8 Å². The number of aryl methyl sites for hydroxylation is 1. The molecule has 3 aliphatic heterocycles. The summed E-state index contributed by atoms with van der Waals surface area (Å²) in [6.07, 6.45) is 2.30. The molecule has 15 heteroatoms. The van der Waals surface area contributed by atoms with Crippen LogP contribution < -0.4 is 26.6 Å². The SMILES string of the molecule is C[C@@H]1CNc2c(sc3ccc4nc(-c5ccc(C(N)=O)c([C@H]6C[C@H](CN7CCN(c8ccc9c(C%10CCC(=O)NC%10=O)nn(C)c9c8)CC7)C6)c5F)ccc4c23)C(=O)N1. The van der Waals surface area contributed by atoms with E-state index in [0.717, 1.165) is 83.3 Å². The average Bonchev–Trinajstić information content (AvgIpc) is 3.71. The molecule has 5 N–H and O–H groups in total. The molecule has 2 atom stereocenters. The van der Waals surface area contributed by atoms with Gasteiger partial charge in [-0.1, -0.05) is 0 Å². The molecule has 2 saturated heterocycles. The smallest absolute Gasteiger partial charge is 0.263 e. The Morgan fingerprint density at radius 3 is 2.58 bits per heavy atom. The number of nitrogens with one attached hydrogen (secondary N) is 3. The van der Waals surface area contributed by atoms with Gasteiger partial charge in [-0.3, -0.25) is 34.1 Å². The highest BCUT2D eigenvalue weighted by atomic mass is 32.1. The molecular formula is C44H44FN9O4S. The summed E-state index contributed by atoms with van der Waals surface area (Å²) < 4.78 is 19.5. The Labute approximate surface area is 343 Å². The number of piperidine rings is 1. The number of carbonyl (C=O) groups excluding carboxylic acids is 4. The minimum Gasteiger partial charge on any atom is -0.381 e. The number of nitrogens with two attached hydrogens (primary N) is 1. The number of fused-ring (bicyclic) bond motifs is 6. The number of carbonyl (C=O) groups is 4. The number of aromatic nitrogens is 3. The van der Waals surface area contributed by atoms with Crippen LogP contribution in [0.3, 0.4) is 0 Å². The van der Waals surface area contributed by atoms with E-state index in [1.807, 2.05) is 49.0 Å². The van der Waals surface area contributed by atoms with Crippen molar-refractivity contribution in [2.75, 3.05) is 49.5 Å². The Morgan fingerprint density at radius 1 is 1.00 bits per heavy atom. The first-order valence-electron chi connectivity index (χ1n) is 20.3. The number of pyridine rings is 1. The van der Waals surface area contributed by atoms with Crippen LogP contribution in [0.4, 0.5) is 15.8 Å². The van der Waals surface area contributed by atoms with Crippen molar-refractivity contribution in [3.05, 3.63) is 82.1 Å². The van der Waals surface area contributed by atoms with Crippen LogP contribution in [0.5, 0.6) is 0 Å². The van der Waals surface area contributed by atoms with Crippen LogP contribution in [0, 0.1) is 11.7 Å². The molecule has 3 fully saturated rings. The standard InChI is InChI=1S/C44H44FN9O4S/c1-22-20-47-40-37-26-7-9-32(49-31(26)10-11-34(37)59-41(40)44(58)48-22)27-5-6-29(42(46)56)36(38(27)45)24-17-23(18-24)21-53-13-15-54(16-14-53)25-3-4-28-33(19-25)52(2)51-39(28)30-8-12-35(55)50-43(30)57/h3-7,9-11,19,22-24,30,47H,8,12-18,20-21H2,1-2H3,(H2,46,56)(H,48,58)(H,50,55,57)/t22-,23-,24-,30?/m1/s1. The lowest BCUT2D eigenvalue weighted by molar-refractivity contribution is -0.134. The van der Waals surface area contributed by atoms with Gasteiger partial charge in [0.25, 0.3) is 5.91 Å². The Bertz CT molecular complexity index is 2750. The maximum Gasteiger partial charge on any atom is 0.263 e. The largest absolute Gasteiger partial charge is 0.381 e. The molecule has 1 aliphatic carbocycles. The van der Waals surface area contributed by atoms with Crippen molar-refractivity contribution < 1.29 is 23.6 Å².